The molecule has 10 heteroatoms. The summed E-state index contributed by atoms with van der Waals surface area (Å²) in [5, 5.41) is 12.1. The number of amides is 1. The highest BCUT2D eigenvalue weighted by molar-refractivity contribution is 8.00. The Balaban J connectivity index is 1.27. The third-order valence-electron chi connectivity index (χ3n) is 6.25. The van der Waals surface area contributed by atoms with Gasteiger partial charge in [0.2, 0.25) is 15.9 Å². The molecule has 3 fully saturated rings. The number of rotatable bonds is 8. The van der Waals surface area contributed by atoms with Gasteiger partial charge in [0.25, 0.3) is 0 Å². The van der Waals surface area contributed by atoms with Crippen molar-refractivity contribution in [1.29, 1.82) is 0 Å². The molecule has 1 amide bonds. The maximum atomic E-state index is 13.0. The molecule has 1 atom stereocenters. The maximum absolute atomic E-state index is 13.0. The molecular weight excluding hydrogens is 446 g/mol. The van der Waals surface area contributed by atoms with Crippen LogP contribution in [0.5, 0.6) is 0 Å². The van der Waals surface area contributed by atoms with E-state index in [2.05, 4.69) is 20.1 Å². The van der Waals surface area contributed by atoms with E-state index in [0.29, 0.717) is 30.7 Å². The first-order valence-electron chi connectivity index (χ1n) is 11.5. The van der Waals surface area contributed by atoms with Gasteiger partial charge in [-0.25, -0.2) is 8.42 Å². The van der Waals surface area contributed by atoms with Crippen LogP contribution in [0.25, 0.3) is 0 Å². The smallest absolute Gasteiger partial charge is 0.243 e. The second-order valence-corrected chi connectivity index (χ2v) is 12.2. The van der Waals surface area contributed by atoms with Gasteiger partial charge in [-0.15, -0.1) is 10.2 Å². The fourth-order valence-electron chi connectivity index (χ4n) is 4.11. The van der Waals surface area contributed by atoms with Gasteiger partial charge < -0.3 is 9.88 Å². The van der Waals surface area contributed by atoms with E-state index in [-0.39, 0.29) is 16.1 Å². The minimum absolute atomic E-state index is 0.180. The Hall–Kier alpha value is -1.91. The van der Waals surface area contributed by atoms with Crippen LogP contribution >= 0.6 is 11.8 Å². The SMILES string of the molecule is CC(Sc1nnc(C2CC2)n1C1CC1)C(=O)Nc1cccc(S(=O)(=O)N2CCCCC2)c1. The minimum Gasteiger partial charge on any atom is -0.325 e. The van der Waals surface area contributed by atoms with E-state index in [9.17, 15) is 13.2 Å². The highest BCUT2D eigenvalue weighted by Gasteiger charge is 2.37. The van der Waals surface area contributed by atoms with Crippen LogP contribution in [0.1, 0.15) is 69.7 Å². The molecule has 172 valence electrons. The summed E-state index contributed by atoms with van der Waals surface area (Å²) in [6.45, 7) is 2.95. The van der Waals surface area contributed by atoms with E-state index >= 15 is 0 Å². The van der Waals surface area contributed by atoms with Crippen molar-refractivity contribution in [2.45, 2.75) is 79.1 Å². The van der Waals surface area contributed by atoms with E-state index in [1.165, 1.54) is 28.9 Å². The molecule has 3 aliphatic rings. The van der Waals surface area contributed by atoms with Crippen LogP contribution in [0.15, 0.2) is 34.3 Å². The predicted octanol–water partition coefficient (Wildman–Crippen LogP) is 3.78. The van der Waals surface area contributed by atoms with Gasteiger partial charge in [0.05, 0.1) is 10.1 Å². The normalized spacial score (nSPS) is 20.8. The highest BCUT2D eigenvalue weighted by Crippen LogP contribution is 2.46. The lowest BCUT2D eigenvalue weighted by Gasteiger charge is -2.26. The average Bonchev–Trinajstić information content (AvgIpc) is 3.73. The summed E-state index contributed by atoms with van der Waals surface area (Å²) in [6, 6.07) is 7.01. The predicted molar refractivity (Wildman–Crippen MR) is 123 cm³/mol. The number of sulfonamides is 1. The molecule has 5 rings (SSSR count). The van der Waals surface area contributed by atoms with Gasteiger partial charge >= 0.3 is 0 Å². The van der Waals surface area contributed by atoms with Crippen molar-refractivity contribution >= 4 is 33.4 Å². The third-order valence-corrected chi connectivity index (χ3v) is 9.20. The van der Waals surface area contributed by atoms with Crippen LogP contribution in [-0.4, -0.2) is 51.7 Å². The molecule has 2 heterocycles. The van der Waals surface area contributed by atoms with E-state index in [4.69, 9.17) is 0 Å². The van der Waals surface area contributed by atoms with Crippen molar-refractivity contribution < 1.29 is 13.2 Å². The summed E-state index contributed by atoms with van der Waals surface area (Å²) < 4.78 is 29.7. The van der Waals surface area contributed by atoms with Gasteiger partial charge in [0.1, 0.15) is 5.82 Å². The second kappa shape index (κ2) is 8.79. The number of hydrogen-bond donors (Lipinski definition) is 1. The van der Waals surface area contributed by atoms with E-state index in [1.54, 1.807) is 24.3 Å². The summed E-state index contributed by atoms with van der Waals surface area (Å²) in [7, 11) is -3.54. The number of hydrogen-bond acceptors (Lipinski definition) is 6. The fourth-order valence-corrected chi connectivity index (χ4v) is 6.60. The van der Waals surface area contributed by atoms with E-state index < -0.39 is 10.0 Å². The number of carbonyl (C=O) groups excluding carboxylic acids is 1. The number of benzene rings is 1. The topological polar surface area (TPSA) is 97.2 Å². The minimum atomic E-state index is -3.54. The summed E-state index contributed by atoms with van der Waals surface area (Å²) >= 11 is 1.42. The van der Waals surface area contributed by atoms with Gasteiger partial charge in [-0.3, -0.25) is 4.79 Å². The lowest BCUT2D eigenvalue weighted by atomic mass is 10.2. The number of aromatic nitrogens is 3. The van der Waals surface area contributed by atoms with Crippen LogP contribution < -0.4 is 5.32 Å². The first-order chi connectivity index (χ1) is 15.4. The summed E-state index contributed by atoms with van der Waals surface area (Å²) in [5.74, 6) is 1.41. The van der Waals surface area contributed by atoms with Crippen LogP contribution in [0.4, 0.5) is 5.69 Å². The third kappa shape index (κ3) is 4.58. The quantitative estimate of drug-likeness (QED) is 0.584. The molecule has 1 aromatic carbocycles. The summed E-state index contributed by atoms with van der Waals surface area (Å²) in [5.41, 5.74) is 0.489. The molecular formula is C22H29N5O3S2. The molecule has 2 saturated carbocycles. The number of nitrogens with zero attached hydrogens (tertiary/aromatic N) is 4. The lowest BCUT2D eigenvalue weighted by molar-refractivity contribution is -0.115. The molecule has 0 bridgehead atoms. The first-order valence-corrected chi connectivity index (χ1v) is 13.8. The molecule has 1 saturated heterocycles. The van der Waals surface area contributed by atoms with Crippen molar-refractivity contribution in [3.63, 3.8) is 0 Å². The monoisotopic (exact) mass is 475 g/mol. The van der Waals surface area contributed by atoms with Crippen molar-refractivity contribution in [2.75, 3.05) is 18.4 Å². The van der Waals surface area contributed by atoms with E-state index in [0.717, 1.165) is 43.1 Å². The van der Waals surface area contributed by atoms with E-state index in [1.807, 2.05) is 6.92 Å². The highest BCUT2D eigenvalue weighted by atomic mass is 32.2. The van der Waals surface area contributed by atoms with Crippen molar-refractivity contribution in [3.05, 3.63) is 30.1 Å². The number of anilines is 1. The molecule has 1 aromatic heterocycles. The van der Waals surface area contributed by atoms with Crippen molar-refractivity contribution in [3.8, 4) is 0 Å². The van der Waals surface area contributed by atoms with Gasteiger partial charge in [-0.05, 0) is 63.6 Å². The molecule has 1 aliphatic heterocycles. The average molecular weight is 476 g/mol. The molecule has 0 radical (unpaired) electrons. The van der Waals surface area contributed by atoms with Gasteiger partial charge in [-0.2, -0.15) is 4.31 Å². The number of nitrogens with one attached hydrogen (secondary N) is 1. The fraction of sp³-hybridized carbons (Fsp3) is 0.591. The molecule has 8 nitrogen and oxygen atoms in total. The van der Waals surface area contributed by atoms with Gasteiger partial charge in [-0.1, -0.05) is 24.2 Å². The van der Waals surface area contributed by atoms with Crippen LogP contribution in [0.2, 0.25) is 0 Å². The molecule has 0 spiro atoms. The molecule has 32 heavy (non-hydrogen) atoms. The Morgan fingerprint density at radius 3 is 2.56 bits per heavy atom. The zero-order valence-corrected chi connectivity index (χ0v) is 19.9. The zero-order valence-electron chi connectivity index (χ0n) is 18.2. The lowest BCUT2D eigenvalue weighted by Crippen LogP contribution is -2.35. The number of piperidine rings is 1. The zero-order chi connectivity index (χ0) is 22.3. The Kier molecular flexibility index (Phi) is 6.02. The molecule has 1 unspecified atom stereocenters. The second-order valence-electron chi connectivity index (χ2n) is 8.96. The molecule has 1 N–H and O–H groups in total. The summed E-state index contributed by atoms with van der Waals surface area (Å²) in [6.07, 6.45) is 7.46. The maximum Gasteiger partial charge on any atom is 0.243 e. The largest absolute Gasteiger partial charge is 0.325 e. The molecule has 2 aliphatic carbocycles. The van der Waals surface area contributed by atoms with Gasteiger partial charge in [0.15, 0.2) is 5.16 Å². The van der Waals surface area contributed by atoms with Crippen molar-refractivity contribution in [1.82, 2.24) is 19.1 Å². The Morgan fingerprint density at radius 2 is 1.88 bits per heavy atom. The van der Waals surface area contributed by atoms with Crippen LogP contribution in [-0.2, 0) is 14.8 Å². The number of thioether (sulfide) groups is 1. The Bertz CT molecular complexity index is 1100. The summed E-state index contributed by atoms with van der Waals surface area (Å²) in [4.78, 5) is 13.1. The van der Waals surface area contributed by atoms with Crippen LogP contribution in [0.3, 0.4) is 0 Å². The number of carbonyl (C=O) groups is 1. The Labute approximate surface area is 193 Å². The first kappa shape index (κ1) is 21.9. The van der Waals surface area contributed by atoms with Gasteiger partial charge in [0, 0.05) is 30.7 Å². The Morgan fingerprint density at radius 1 is 1.12 bits per heavy atom. The van der Waals surface area contributed by atoms with Crippen LogP contribution in [0, 0.1) is 0 Å². The molecule has 2 aromatic rings. The standard InChI is InChI=1S/C22H29N5O3S2/c1-15(31-22-25-24-20(16-8-9-16)27(22)18-10-11-18)21(28)23-17-6-5-7-19(14-17)32(29,30)26-12-3-2-4-13-26/h5-7,14-16,18H,2-4,8-13H2,1H3,(H,23,28). The van der Waals surface area contributed by atoms with Crippen molar-refractivity contribution in [2.24, 2.45) is 0 Å².